The number of nitrogens with zero attached hydrogens (tertiary/aromatic N) is 2. The van der Waals surface area contributed by atoms with Crippen LogP contribution >= 0.6 is 0 Å². The second-order valence-electron chi connectivity index (χ2n) is 5.24. The summed E-state index contributed by atoms with van der Waals surface area (Å²) in [5, 5.41) is 0. The van der Waals surface area contributed by atoms with Crippen LogP contribution in [0.5, 0.6) is 0 Å². The fraction of sp³-hybridized carbons (Fsp3) is 0.118. The zero-order valence-electron chi connectivity index (χ0n) is 12.2. The molecule has 110 valence electrons. The van der Waals surface area contributed by atoms with Gasteiger partial charge in [-0.05, 0) is 30.3 Å². The van der Waals surface area contributed by atoms with E-state index >= 15 is 0 Å². The summed E-state index contributed by atoms with van der Waals surface area (Å²) in [4.78, 5) is 39.4. The first-order valence-corrected chi connectivity index (χ1v) is 6.80. The van der Waals surface area contributed by atoms with Crippen LogP contribution in [0, 0.1) is 0 Å². The lowest BCUT2D eigenvalue weighted by molar-refractivity contribution is 0.0825. The minimum atomic E-state index is -0.366. The van der Waals surface area contributed by atoms with Crippen molar-refractivity contribution in [3.8, 4) is 0 Å². The van der Waals surface area contributed by atoms with Gasteiger partial charge in [-0.1, -0.05) is 18.2 Å². The molecule has 0 aromatic heterocycles. The summed E-state index contributed by atoms with van der Waals surface area (Å²) in [5.74, 6) is -0.913. The van der Waals surface area contributed by atoms with Crippen LogP contribution in [0.3, 0.4) is 0 Å². The van der Waals surface area contributed by atoms with Gasteiger partial charge >= 0.3 is 0 Å². The average molecular weight is 294 g/mol. The second-order valence-corrected chi connectivity index (χ2v) is 5.24. The van der Waals surface area contributed by atoms with Gasteiger partial charge in [0.25, 0.3) is 17.7 Å². The lowest BCUT2D eigenvalue weighted by Gasteiger charge is -2.16. The van der Waals surface area contributed by atoms with E-state index in [4.69, 9.17) is 0 Å². The molecule has 1 aliphatic rings. The second kappa shape index (κ2) is 5.11. The molecule has 0 saturated carbocycles. The van der Waals surface area contributed by atoms with Gasteiger partial charge < -0.3 is 4.90 Å². The van der Waals surface area contributed by atoms with E-state index in [1.165, 1.54) is 4.90 Å². The molecule has 0 fully saturated rings. The summed E-state index contributed by atoms with van der Waals surface area (Å²) in [6.45, 7) is 0. The first kappa shape index (κ1) is 14.0. The lowest BCUT2D eigenvalue weighted by Crippen LogP contribution is -2.30. The molecule has 22 heavy (non-hydrogen) atoms. The van der Waals surface area contributed by atoms with E-state index in [9.17, 15) is 14.4 Å². The summed E-state index contributed by atoms with van der Waals surface area (Å²) in [7, 11) is 3.30. The highest BCUT2D eigenvalue weighted by Crippen LogP contribution is 2.28. The van der Waals surface area contributed by atoms with E-state index in [0.29, 0.717) is 22.4 Å². The number of rotatable bonds is 2. The van der Waals surface area contributed by atoms with Crippen molar-refractivity contribution in [1.82, 2.24) is 4.90 Å². The Morgan fingerprint density at radius 3 is 2.05 bits per heavy atom. The molecule has 0 aliphatic carbocycles. The van der Waals surface area contributed by atoms with E-state index in [0.717, 1.165) is 4.90 Å². The topological polar surface area (TPSA) is 57.7 Å². The molecule has 0 spiro atoms. The fourth-order valence-corrected chi connectivity index (χ4v) is 2.46. The van der Waals surface area contributed by atoms with Crippen molar-refractivity contribution < 1.29 is 14.4 Å². The SMILES string of the molecule is CN(C)C(=O)c1cccc(N2C(=O)c3ccccc3C2=O)c1. The van der Waals surface area contributed by atoms with Crippen molar-refractivity contribution in [2.75, 3.05) is 19.0 Å². The van der Waals surface area contributed by atoms with Crippen molar-refractivity contribution in [2.45, 2.75) is 0 Å². The molecule has 3 amide bonds. The smallest absolute Gasteiger partial charge is 0.266 e. The maximum absolute atomic E-state index is 12.4. The van der Waals surface area contributed by atoms with E-state index in [1.54, 1.807) is 62.6 Å². The Kier molecular flexibility index (Phi) is 3.25. The number of fused-ring (bicyclic) bond motifs is 1. The van der Waals surface area contributed by atoms with Crippen molar-refractivity contribution in [1.29, 1.82) is 0 Å². The number of carbonyl (C=O) groups is 3. The monoisotopic (exact) mass is 294 g/mol. The first-order valence-electron chi connectivity index (χ1n) is 6.80. The van der Waals surface area contributed by atoms with Crippen LogP contribution in [0.15, 0.2) is 48.5 Å². The Hall–Kier alpha value is -2.95. The number of carbonyl (C=O) groups excluding carboxylic acids is 3. The molecule has 2 aromatic rings. The summed E-state index contributed by atoms with van der Waals surface area (Å²) in [6.07, 6.45) is 0. The normalized spacial score (nSPS) is 13.3. The minimum Gasteiger partial charge on any atom is -0.345 e. The molecular formula is C17H14N2O3. The standard InChI is InChI=1S/C17H14N2O3/c1-18(2)15(20)11-6-5-7-12(10-11)19-16(21)13-8-3-4-9-14(13)17(19)22/h3-10H,1-2H3. The molecule has 3 rings (SSSR count). The van der Waals surface area contributed by atoms with Gasteiger partial charge in [0.2, 0.25) is 0 Å². The van der Waals surface area contributed by atoms with Crippen molar-refractivity contribution in [2.24, 2.45) is 0 Å². The zero-order valence-corrected chi connectivity index (χ0v) is 12.2. The fourth-order valence-electron chi connectivity index (χ4n) is 2.46. The largest absolute Gasteiger partial charge is 0.345 e. The molecule has 0 atom stereocenters. The Labute approximate surface area is 127 Å². The Morgan fingerprint density at radius 2 is 1.50 bits per heavy atom. The van der Waals surface area contributed by atoms with Gasteiger partial charge in [0.05, 0.1) is 16.8 Å². The summed E-state index contributed by atoms with van der Waals surface area (Å²) in [6, 6.07) is 13.2. The average Bonchev–Trinajstić information content (AvgIpc) is 2.78. The van der Waals surface area contributed by atoms with Crippen LogP contribution in [0.25, 0.3) is 0 Å². The maximum Gasteiger partial charge on any atom is 0.266 e. The maximum atomic E-state index is 12.4. The van der Waals surface area contributed by atoms with E-state index in [-0.39, 0.29) is 17.7 Å². The molecule has 0 saturated heterocycles. The first-order chi connectivity index (χ1) is 10.5. The van der Waals surface area contributed by atoms with Gasteiger partial charge in [0.15, 0.2) is 0 Å². The molecule has 0 N–H and O–H groups in total. The molecule has 5 heteroatoms. The molecule has 0 bridgehead atoms. The molecule has 5 nitrogen and oxygen atoms in total. The van der Waals surface area contributed by atoms with Crippen LogP contribution in [-0.4, -0.2) is 36.7 Å². The van der Waals surface area contributed by atoms with Gasteiger partial charge in [-0.25, -0.2) is 4.90 Å². The van der Waals surface area contributed by atoms with Crippen LogP contribution in [0.2, 0.25) is 0 Å². The van der Waals surface area contributed by atoms with Crippen molar-refractivity contribution in [3.63, 3.8) is 0 Å². The van der Waals surface area contributed by atoms with Gasteiger partial charge in [0.1, 0.15) is 0 Å². The van der Waals surface area contributed by atoms with Gasteiger partial charge in [-0.15, -0.1) is 0 Å². The predicted molar refractivity (Wildman–Crippen MR) is 82.0 cm³/mol. The minimum absolute atomic E-state index is 0.182. The van der Waals surface area contributed by atoms with Crippen molar-refractivity contribution >= 4 is 23.4 Å². The number of hydrogen-bond donors (Lipinski definition) is 0. The predicted octanol–water partition coefficient (Wildman–Crippen LogP) is 2.19. The van der Waals surface area contributed by atoms with Crippen LogP contribution in [0.1, 0.15) is 31.1 Å². The summed E-state index contributed by atoms with van der Waals surface area (Å²) in [5.41, 5.74) is 1.60. The molecular weight excluding hydrogens is 280 g/mol. The highest BCUT2D eigenvalue weighted by atomic mass is 16.2. The summed E-state index contributed by atoms with van der Waals surface area (Å²) < 4.78 is 0. The molecule has 0 unspecified atom stereocenters. The van der Waals surface area contributed by atoms with E-state index in [2.05, 4.69) is 0 Å². The highest BCUT2D eigenvalue weighted by Gasteiger charge is 2.36. The van der Waals surface area contributed by atoms with Crippen LogP contribution in [-0.2, 0) is 0 Å². The van der Waals surface area contributed by atoms with Crippen LogP contribution in [0.4, 0.5) is 5.69 Å². The summed E-state index contributed by atoms with van der Waals surface area (Å²) >= 11 is 0. The number of anilines is 1. The van der Waals surface area contributed by atoms with Gasteiger partial charge in [-0.3, -0.25) is 14.4 Å². The Bertz CT molecular complexity index is 761. The molecule has 1 heterocycles. The number of hydrogen-bond acceptors (Lipinski definition) is 3. The quantitative estimate of drug-likeness (QED) is 0.798. The third-order valence-electron chi connectivity index (χ3n) is 3.55. The zero-order chi connectivity index (χ0) is 15.9. The number of amides is 3. The molecule has 1 aliphatic heterocycles. The van der Waals surface area contributed by atoms with Gasteiger partial charge in [0, 0.05) is 19.7 Å². The Balaban J connectivity index is 2.03. The third-order valence-corrected chi connectivity index (χ3v) is 3.55. The highest BCUT2D eigenvalue weighted by molar-refractivity contribution is 6.34. The lowest BCUT2D eigenvalue weighted by atomic mass is 10.1. The number of imide groups is 1. The van der Waals surface area contributed by atoms with Crippen molar-refractivity contribution in [3.05, 3.63) is 65.2 Å². The van der Waals surface area contributed by atoms with Crippen LogP contribution < -0.4 is 4.90 Å². The number of benzene rings is 2. The molecule has 0 radical (unpaired) electrons. The Morgan fingerprint density at radius 1 is 0.909 bits per heavy atom. The molecule has 2 aromatic carbocycles. The van der Waals surface area contributed by atoms with E-state index < -0.39 is 0 Å². The van der Waals surface area contributed by atoms with Gasteiger partial charge in [-0.2, -0.15) is 0 Å². The third kappa shape index (κ3) is 2.07. The van der Waals surface area contributed by atoms with E-state index in [1.807, 2.05) is 0 Å².